The van der Waals surface area contributed by atoms with E-state index in [-0.39, 0.29) is 0 Å². The van der Waals surface area contributed by atoms with Crippen LogP contribution in [0.15, 0.2) is 0 Å². The summed E-state index contributed by atoms with van der Waals surface area (Å²) in [5.41, 5.74) is -1.10. The van der Waals surface area contributed by atoms with Gasteiger partial charge in [0.2, 0.25) is 0 Å². The van der Waals surface area contributed by atoms with Gasteiger partial charge in [0.1, 0.15) is 24.4 Å². The second-order valence-electron chi connectivity index (χ2n) is 2.68. The second-order valence-corrected chi connectivity index (χ2v) is 3.11. The molecule has 12 heavy (non-hydrogen) atoms. The number of rotatable bonds is 1. The lowest BCUT2D eigenvalue weighted by atomic mass is 10.0. The number of hydrogen-bond donors (Lipinski definition) is 4. The lowest BCUT2D eigenvalue weighted by Gasteiger charge is -2.37. The van der Waals surface area contributed by atoms with Crippen LogP contribution in [-0.4, -0.2) is 57.0 Å². The lowest BCUT2D eigenvalue weighted by Crippen LogP contribution is -2.56. The summed E-state index contributed by atoms with van der Waals surface area (Å²) in [6.45, 7) is -0.450. The number of alkyl halides is 1. The Bertz CT molecular complexity index is 150. The first-order valence-corrected chi connectivity index (χ1v) is 3.96. The molecule has 1 aliphatic heterocycles. The first-order chi connectivity index (χ1) is 5.57. The summed E-state index contributed by atoms with van der Waals surface area (Å²) in [5.74, 6) is 0. The van der Waals surface area contributed by atoms with Gasteiger partial charge in [0.25, 0.3) is 0 Å². The van der Waals surface area contributed by atoms with E-state index in [9.17, 15) is 5.11 Å². The third-order valence-electron chi connectivity index (χ3n) is 1.83. The minimum absolute atomic E-state index is 0.450. The summed E-state index contributed by atoms with van der Waals surface area (Å²) in [6, 6.07) is 0. The molecule has 1 unspecified atom stereocenters. The summed E-state index contributed by atoms with van der Waals surface area (Å²) < 4.78 is 4.79. The third kappa shape index (κ3) is 1.71. The molecule has 0 aromatic carbocycles. The van der Waals surface area contributed by atoms with Gasteiger partial charge in [0.15, 0.2) is 5.56 Å². The molecule has 1 rings (SSSR count). The number of hydrogen-bond acceptors (Lipinski definition) is 5. The summed E-state index contributed by atoms with van der Waals surface area (Å²) in [6.07, 6.45) is -4.95. The molecule has 0 spiro atoms. The van der Waals surface area contributed by atoms with Crippen LogP contribution in [0.25, 0.3) is 0 Å². The van der Waals surface area contributed by atoms with Crippen molar-refractivity contribution in [1.29, 1.82) is 0 Å². The van der Waals surface area contributed by atoms with Gasteiger partial charge in [-0.1, -0.05) is 11.6 Å². The van der Waals surface area contributed by atoms with Crippen LogP contribution in [0.4, 0.5) is 0 Å². The molecule has 1 fully saturated rings. The summed E-state index contributed by atoms with van der Waals surface area (Å²) in [4.78, 5) is 0. The molecule has 72 valence electrons. The molecular formula is C6H11ClO5. The van der Waals surface area contributed by atoms with Gasteiger partial charge in [0, 0.05) is 0 Å². The van der Waals surface area contributed by atoms with Crippen LogP contribution in [0.2, 0.25) is 0 Å². The van der Waals surface area contributed by atoms with Gasteiger partial charge in [-0.15, -0.1) is 0 Å². The predicted molar refractivity (Wildman–Crippen MR) is 39.6 cm³/mol. The van der Waals surface area contributed by atoms with E-state index in [4.69, 9.17) is 31.7 Å². The molecule has 1 saturated heterocycles. The molecule has 4 N–H and O–H groups in total. The van der Waals surface area contributed by atoms with E-state index >= 15 is 0 Å². The summed E-state index contributed by atoms with van der Waals surface area (Å²) in [7, 11) is 0. The Hall–Kier alpha value is 0.0900. The highest BCUT2D eigenvalue weighted by atomic mass is 35.5. The summed E-state index contributed by atoms with van der Waals surface area (Å²) in [5, 5.41) is 36.0. The molecule has 0 aromatic rings. The van der Waals surface area contributed by atoms with Crippen LogP contribution in [-0.2, 0) is 4.74 Å². The van der Waals surface area contributed by atoms with E-state index in [2.05, 4.69) is 0 Å². The summed E-state index contributed by atoms with van der Waals surface area (Å²) >= 11 is 5.45. The topological polar surface area (TPSA) is 90.2 Å². The molecular weight excluding hydrogens is 188 g/mol. The van der Waals surface area contributed by atoms with E-state index in [1.54, 1.807) is 0 Å². The number of aliphatic hydroxyl groups is 4. The Balaban J connectivity index is 2.63. The van der Waals surface area contributed by atoms with Crippen LogP contribution in [0, 0.1) is 0 Å². The molecule has 0 amide bonds. The first-order valence-electron chi connectivity index (χ1n) is 3.52. The molecule has 6 heteroatoms. The molecule has 0 aliphatic carbocycles. The molecule has 1 aliphatic rings. The van der Waals surface area contributed by atoms with Crippen molar-refractivity contribution in [2.75, 3.05) is 6.61 Å². The lowest BCUT2D eigenvalue weighted by molar-refractivity contribution is -0.207. The van der Waals surface area contributed by atoms with Crippen molar-refractivity contribution in [3.05, 3.63) is 0 Å². The average molecular weight is 199 g/mol. The fourth-order valence-electron chi connectivity index (χ4n) is 1.06. The van der Waals surface area contributed by atoms with Crippen molar-refractivity contribution >= 4 is 11.6 Å². The molecule has 5 nitrogen and oxygen atoms in total. The highest BCUT2D eigenvalue weighted by Crippen LogP contribution is 2.22. The van der Waals surface area contributed by atoms with Crippen LogP contribution in [0.3, 0.4) is 0 Å². The van der Waals surface area contributed by atoms with Crippen LogP contribution < -0.4 is 0 Å². The molecule has 0 saturated carbocycles. The van der Waals surface area contributed by atoms with Crippen molar-refractivity contribution in [3.8, 4) is 0 Å². The zero-order valence-electron chi connectivity index (χ0n) is 6.17. The van der Waals surface area contributed by atoms with Gasteiger partial charge >= 0.3 is 0 Å². The third-order valence-corrected chi connectivity index (χ3v) is 2.20. The Kier molecular flexibility index (Phi) is 3.28. The van der Waals surface area contributed by atoms with Gasteiger partial charge in [-0.05, 0) is 0 Å². The van der Waals surface area contributed by atoms with Gasteiger partial charge in [0.05, 0.1) is 6.61 Å². The molecule has 0 bridgehead atoms. The van der Waals surface area contributed by atoms with Crippen molar-refractivity contribution in [3.63, 3.8) is 0 Å². The van der Waals surface area contributed by atoms with Crippen molar-refractivity contribution in [2.45, 2.75) is 30.0 Å². The van der Waals surface area contributed by atoms with E-state index in [0.717, 1.165) is 0 Å². The zero-order valence-corrected chi connectivity index (χ0v) is 6.92. The molecule has 5 atom stereocenters. The standard InChI is InChI=1S/C6H11ClO5/c7-6-5(11)4(10)3(9)2(1-8)12-6/h2-6,8-11H,1H2/t2-,3-,4+,5+,6?/m1/s1. The second kappa shape index (κ2) is 3.87. The predicted octanol–water partition coefficient (Wildman–Crippen LogP) is -1.97. The minimum Gasteiger partial charge on any atom is -0.394 e. The first kappa shape index (κ1) is 10.2. The molecule has 1 heterocycles. The zero-order chi connectivity index (χ0) is 9.30. The largest absolute Gasteiger partial charge is 0.394 e. The van der Waals surface area contributed by atoms with Gasteiger partial charge in [-0.2, -0.15) is 0 Å². The van der Waals surface area contributed by atoms with E-state index in [0.29, 0.717) is 0 Å². The highest BCUT2D eigenvalue weighted by Gasteiger charge is 2.42. The quantitative estimate of drug-likeness (QED) is 0.367. The Labute approximate surface area is 74.2 Å². The smallest absolute Gasteiger partial charge is 0.160 e. The van der Waals surface area contributed by atoms with Crippen molar-refractivity contribution in [1.82, 2.24) is 0 Å². The Morgan fingerprint density at radius 3 is 2.17 bits per heavy atom. The van der Waals surface area contributed by atoms with Crippen molar-refractivity contribution < 1.29 is 25.2 Å². The van der Waals surface area contributed by atoms with Gasteiger partial charge < -0.3 is 25.2 Å². The number of halogens is 1. The normalized spacial score (nSPS) is 49.2. The minimum atomic E-state index is -1.38. The van der Waals surface area contributed by atoms with Crippen LogP contribution in [0.5, 0.6) is 0 Å². The van der Waals surface area contributed by atoms with Gasteiger partial charge in [-0.3, -0.25) is 0 Å². The van der Waals surface area contributed by atoms with Gasteiger partial charge in [-0.25, -0.2) is 0 Å². The maximum atomic E-state index is 9.17. The average Bonchev–Trinajstić information content (AvgIpc) is 2.08. The van der Waals surface area contributed by atoms with Crippen molar-refractivity contribution in [2.24, 2.45) is 0 Å². The highest BCUT2D eigenvalue weighted by molar-refractivity contribution is 6.20. The fourth-order valence-corrected chi connectivity index (χ4v) is 1.34. The molecule has 0 aromatic heterocycles. The number of aliphatic hydroxyl groups excluding tert-OH is 4. The Morgan fingerprint density at radius 2 is 1.67 bits per heavy atom. The maximum absolute atomic E-state index is 9.17. The fraction of sp³-hybridized carbons (Fsp3) is 1.00. The monoisotopic (exact) mass is 198 g/mol. The maximum Gasteiger partial charge on any atom is 0.160 e. The van der Waals surface area contributed by atoms with E-state index in [1.165, 1.54) is 0 Å². The Morgan fingerprint density at radius 1 is 1.08 bits per heavy atom. The van der Waals surface area contributed by atoms with Crippen LogP contribution in [0.1, 0.15) is 0 Å². The molecule has 0 radical (unpaired) electrons. The van der Waals surface area contributed by atoms with E-state index in [1.807, 2.05) is 0 Å². The van der Waals surface area contributed by atoms with E-state index < -0.39 is 36.6 Å². The SMILES string of the molecule is OC[C@H]1OC(Cl)[C@@H](O)[C@@H](O)[C@@H]1O. The van der Waals surface area contributed by atoms with Crippen LogP contribution >= 0.6 is 11.6 Å². The number of ether oxygens (including phenoxy) is 1.